The predicted octanol–water partition coefficient (Wildman–Crippen LogP) is 3.88. The van der Waals surface area contributed by atoms with Crippen molar-refractivity contribution in [3.63, 3.8) is 0 Å². The standard InChI is InChI=1S/C15H13ClF2N4S/c16-14-11(6-19)15(23-21-14)20-7-9-3-4-22(8-9)10-1-2-12(17)13(18)5-10/h1-2,5,9,20H,3-4,7-8H2/t9-/m1/s1. The van der Waals surface area contributed by atoms with Crippen LogP contribution in [0.1, 0.15) is 12.0 Å². The van der Waals surface area contributed by atoms with E-state index in [1.807, 2.05) is 11.0 Å². The van der Waals surface area contributed by atoms with E-state index >= 15 is 0 Å². The second kappa shape index (κ2) is 6.69. The molecule has 1 aliphatic rings. The number of nitrogens with zero attached hydrogens (tertiary/aromatic N) is 3. The van der Waals surface area contributed by atoms with E-state index in [1.165, 1.54) is 6.07 Å². The molecule has 4 nitrogen and oxygen atoms in total. The Hall–Kier alpha value is -1.91. The van der Waals surface area contributed by atoms with Gasteiger partial charge in [0.05, 0.1) is 0 Å². The first-order valence-electron chi connectivity index (χ1n) is 7.07. The van der Waals surface area contributed by atoms with Gasteiger partial charge in [-0.15, -0.1) is 0 Å². The molecule has 0 bridgehead atoms. The fourth-order valence-corrected chi connectivity index (χ4v) is 3.58. The molecule has 1 N–H and O–H groups in total. The van der Waals surface area contributed by atoms with E-state index in [9.17, 15) is 8.78 Å². The number of aromatic nitrogens is 1. The van der Waals surface area contributed by atoms with E-state index < -0.39 is 11.6 Å². The van der Waals surface area contributed by atoms with Gasteiger partial charge in [0.15, 0.2) is 16.8 Å². The minimum Gasteiger partial charge on any atom is -0.374 e. The van der Waals surface area contributed by atoms with E-state index in [0.29, 0.717) is 28.7 Å². The highest BCUT2D eigenvalue weighted by molar-refractivity contribution is 7.10. The highest BCUT2D eigenvalue weighted by atomic mass is 35.5. The molecule has 1 aromatic heterocycles. The van der Waals surface area contributed by atoms with Crippen LogP contribution in [0.15, 0.2) is 18.2 Å². The van der Waals surface area contributed by atoms with Crippen LogP contribution in [0.2, 0.25) is 5.15 Å². The van der Waals surface area contributed by atoms with Crippen LogP contribution < -0.4 is 10.2 Å². The number of halogens is 3. The molecule has 0 amide bonds. The lowest BCUT2D eigenvalue weighted by molar-refractivity contribution is 0.508. The number of rotatable bonds is 4. The molecule has 8 heteroatoms. The van der Waals surface area contributed by atoms with E-state index in [1.54, 1.807) is 6.07 Å². The quantitative estimate of drug-likeness (QED) is 0.905. The summed E-state index contributed by atoms with van der Waals surface area (Å²) in [6, 6.07) is 5.99. The molecule has 0 saturated carbocycles. The Balaban J connectivity index is 1.59. The summed E-state index contributed by atoms with van der Waals surface area (Å²) in [6.45, 7) is 2.20. The van der Waals surface area contributed by atoms with Crippen LogP contribution in [0.25, 0.3) is 0 Å². The summed E-state index contributed by atoms with van der Waals surface area (Å²) < 4.78 is 30.3. The van der Waals surface area contributed by atoms with E-state index in [-0.39, 0.29) is 5.15 Å². The summed E-state index contributed by atoms with van der Waals surface area (Å²) in [5.74, 6) is -1.32. The minimum atomic E-state index is -0.836. The topological polar surface area (TPSA) is 52.0 Å². The second-order valence-electron chi connectivity index (χ2n) is 5.37. The Morgan fingerprint density at radius 3 is 3.00 bits per heavy atom. The number of anilines is 2. The SMILES string of the molecule is N#Cc1c(Cl)nsc1NC[C@H]1CCN(c2ccc(F)c(F)c2)C1. The number of nitrogens with one attached hydrogen (secondary N) is 1. The van der Waals surface area contributed by atoms with Gasteiger partial charge in [-0.05, 0) is 36.0 Å². The van der Waals surface area contributed by atoms with Gasteiger partial charge in [-0.25, -0.2) is 8.78 Å². The van der Waals surface area contributed by atoms with Crippen molar-refractivity contribution in [2.45, 2.75) is 6.42 Å². The molecule has 23 heavy (non-hydrogen) atoms. The third kappa shape index (κ3) is 3.38. The summed E-state index contributed by atoms with van der Waals surface area (Å²) in [5, 5.41) is 13.1. The molecule has 1 atom stereocenters. The molecule has 2 heterocycles. The van der Waals surface area contributed by atoms with Crippen molar-refractivity contribution in [2.75, 3.05) is 29.9 Å². The lowest BCUT2D eigenvalue weighted by atomic mass is 10.1. The molecule has 0 unspecified atom stereocenters. The summed E-state index contributed by atoms with van der Waals surface area (Å²) >= 11 is 7.00. The van der Waals surface area contributed by atoms with E-state index in [2.05, 4.69) is 9.69 Å². The van der Waals surface area contributed by atoms with Crippen molar-refractivity contribution in [3.05, 3.63) is 40.6 Å². The molecular formula is C15H13ClF2N4S. The smallest absolute Gasteiger partial charge is 0.162 e. The van der Waals surface area contributed by atoms with Crippen molar-refractivity contribution in [1.29, 1.82) is 5.26 Å². The van der Waals surface area contributed by atoms with Crippen LogP contribution in [0.5, 0.6) is 0 Å². The number of hydrogen-bond acceptors (Lipinski definition) is 5. The highest BCUT2D eigenvalue weighted by Gasteiger charge is 2.24. The zero-order valence-electron chi connectivity index (χ0n) is 12.0. The van der Waals surface area contributed by atoms with E-state index in [4.69, 9.17) is 16.9 Å². The molecule has 3 rings (SSSR count). The Morgan fingerprint density at radius 2 is 2.26 bits per heavy atom. The van der Waals surface area contributed by atoms with Gasteiger partial charge in [-0.2, -0.15) is 9.64 Å². The van der Waals surface area contributed by atoms with Crippen molar-refractivity contribution in [1.82, 2.24) is 4.37 Å². The monoisotopic (exact) mass is 354 g/mol. The molecule has 1 saturated heterocycles. The lowest BCUT2D eigenvalue weighted by Crippen LogP contribution is -2.22. The Bertz CT molecular complexity index is 758. The van der Waals surface area contributed by atoms with Crippen LogP contribution in [0.4, 0.5) is 19.5 Å². The number of hydrogen-bond donors (Lipinski definition) is 1. The Labute approximate surface area is 141 Å². The largest absolute Gasteiger partial charge is 0.374 e. The van der Waals surface area contributed by atoms with Crippen LogP contribution in [-0.2, 0) is 0 Å². The molecule has 1 aliphatic heterocycles. The van der Waals surface area contributed by atoms with Gasteiger partial charge in [0.25, 0.3) is 0 Å². The maximum atomic E-state index is 13.3. The van der Waals surface area contributed by atoms with Crippen molar-refractivity contribution < 1.29 is 8.78 Å². The average molecular weight is 355 g/mol. The maximum Gasteiger partial charge on any atom is 0.162 e. The maximum absolute atomic E-state index is 13.3. The summed E-state index contributed by atoms with van der Waals surface area (Å²) in [6.07, 6.45) is 0.931. The lowest BCUT2D eigenvalue weighted by Gasteiger charge is -2.19. The molecule has 120 valence electrons. The van der Waals surface area contributed by atoms with Crippen molar-refractivity contribution in [3.8, 4) is 6.07 Å². The molecular weight excluding hydrogens is 342 g/mol. The molecule has 1 fully saturated rings. The van der Waals surface area contributed by atoms with Crippen LogP contribution in [0.3, 0.4) is 0 Å². The predicted molar refractivity (Wildman–Crippen MR) is 87.0 cm³/mol. The third-order valence-electron chi connectivity index (χ3n) is 3.87. The second-order valence-corrected chi connectivity index (χ2v) is 6.50. The van der Waals surface area contributed by atoms with Crippen LogP contribution in [-0.4, -0.2) is 24.0 Å². The zero-order chi connectivity index (χ0) is 16.4. The molecule has 2 aromatic rings. The first kappa shape index (κ1) is 16.0. The van der Waals surface area contributed by atoms with Crippen LogP contribution in [0, 0.1) is 28.9 Å². The van der Waals surface area contributed by atoms with Gasteiger partial charge in [0.2, 0.25) is 0 Å². The van der Waals surface area contributed by atoms with Gasteiger partial charge >= 0.3 is 0 Å². The van der Waals surface area contributed by atoms with Gasteiger partial charge in [-0.1, -0.05) is 11.6 Å². The Morgan fingerprint density at radius 1 is 1.43 bits per heavy atom. The van der Waals surface area contributed by atoms with Gasteiger partial charge in [0, 0.05) is 31.4 Å². The van der Waals surface area contributed by atoms with Gasteiger partial charge < -0.3 is 10.2 Å². The average Bonchev–Trinajstić information content (AvgIpc) is 3.14. The normalized spacial score (nSPS) is 17.3. The highest BCUT2D eigenvalue weighted by Crippen LogP contribution is 2.29. The Kier molecular flexibility index (Phi) is 4.64. The first-order valence-corrected chi connectivity index (χ1v) is 8.22. The van der Waals surface area contributed by atoms with Crippen LogP contribution >= 0.6 is 23.1 Å². The fraction of sp³-hybridized carbons (Fsp3) is 0.333. The van der Waals surface area contributed by atoms with Crippen molar-refractivity contribution >= 4 is 33.8 Å². The molecule has 0 aliphatic carbocycles. The minimum absolute atomic E-state index is 0.217. The zero-order valence-corrected chi connectivity index (χ0v) is 13.6. The summed E-state index contributed by atoms with van der Waals surface area (Å²) in [4.78, 5) is 2.03. The third-order valence-corrected chi connectivity index (χ3v) is 5.05. The molecule has 1 aromatic carbocycles. The van der Waals surface area contributed by atoms with Crippen molar-refractivity contribution in [2.24, 2.45) is 5.92 Å². The summed E-state index contributed by atoms with van der Waals surface area (Å²) in [7, 11) is 0. The molecule has 0 radical (unpaired) electrons. The van der Waals surface area contributed by atoms with Gasteiger partial charge in [0.1, 0.15) is 16.6 Å². The first-order chi connectivity index (χ1) is 11.1. The fourth-order valence-electron chi connectivity index (χ4n) is 2.64. The number of nitriles is 1. The van der Waals surface area contributed by atoms with E-state index in [0.717, 1.165) is 37.1 Å². The van der Waals surface area contributed by atoms with Gasteiger partial charge in [-0.3, -0.25) is 0 Å². The molecule has 0 spiro atoms. The number of benzene rings is 1. The summed E-state index contributed by atoms with van der Waals surface area (Å²) in [5.41, 5.74) is 1.05.